The molecular formula is C21H26ClN5O3. The van der Waals surface area contributed by atoms with Gasteiger partial charge in [-0.25, -0.2) is 4.79 Å². The van der Waals surface area contributed by atoms with Gasteiger partial charge in [-0.15, -0.1) is 12.4 Å². The van der Waals surface area contributed by atoms with Gasteiger partial charge in [0.1, 0.15) is 16.8 Å². The summed E-state index contributed by atoms with van der Waals surface area (Å²) in [4.78, 5) is 28.9. The number of rotatable bonds is 4. The molecule has 1 aromatic carbocycles. The predicted molar refractivity (Wildman–Crippen MR) is 117 cm³/mol. The molecule has 0 amide bonds. The highest BCUT2D eigenvalue weighted by atomic mass is 35.5. The second-order valence-electron chi connectivity index (χ2n) is 8.11. The van der Waals surface area contributed by atoms with Crippen molar-refractivity contribution in [3.63, 3.8) is 0 Å². The summed E-state index contributed by atoms with van der Waals surface area (Å²) < 4.78 is 7.18. The summed E-state index contributed by atoms with van der Waals surface area (Å²) in [6, 6.07) is 6.69. The molecule has 3 heterocycles. The number of nitrogens with one attached hydrogen (secondary N) is 3. The summed E-state index contributed by atoms with van der Waals surface area (Å²) in [5.74, 6) is 2.06. The third-order valence-corrected chi connectivity index (χ3v) is 6.59. The first kappa shape index (κ1) is 20.7. The van der Waals surface area contributed by atoms with E-state index in [1.807, 2.05) is 6.07 Å². The Kier molecular flexibility index (Phi) is 5.46. The van der Waals surface area contributed by atoms with Crippen molar-refractivity contribution in [1.29, 1.82) is 0 Å². The number of benzene rings is 1. The molecule has 2 aliphatic rings. The SMILES string of the molecule is COc1cccc2c1CCC1CNC(CCc3nn(C)c4[nH]c(=O)[nH]c(=O)c34)C21.Cl. The van der Waals surface area contributed by atoms with Gasteiger partial charge in [0.15, 0.2) is 0 Å². The highest BCUT2D eigenvalue weighted by Gasteiger charge is 2.40. The van der Waals surface area contributed by atoms with Crippen molar-refractivity contribution in [1.82, 2.24) is 25.1 Å². The van der Waals surface area contributed by atoms with E-state index in [1.165, 1.54) is 11.1 Å². The maximum absolute atomic E-state index is 12.3. The average molecular weight is 432 g/mol. The van der Waals surface area contributed by atoms with Crippen LogP contribution in [0.1, 0.15) is 35.6 Å². The smallest absolute Gasteiger partial charge is 0.327 e. The molecule has 30 heavy (non-hydrogen) atoms. The molecule has 5 rings (SSSR count). The summed E-state index contributed by atoms with van der Waals surface area (Å²) in [6.07, 6.45) is 3.77. The van der Waals surface area contributed by atoms with Crippen LogP contribution in [0.25, 0.3) is 11.0 Å². The molecule has 0 bridgehead atoms. The third-order valence-electron chi connectivity index (χ3n) is 6.59. The van der Waals surface area contributed by atoms with Crippen molar-refractivity contribution >= 4 is 23.4 Å². The molecule has 8 nitrogen and oxygen atoms in total. The molecule has 0 spiro atoms. The minimum atomic E-state index is -0.509. The largest absolute Gasteiger partial charge is 0.496 e. The maximum Gasteiger partial charge on any atom is 0.327 e. The number of nitrogens with zero attached hydrogens (tertiary/aromatic N) is 2. The Morgan fingerprint density at radius 3 is 2.90 bits per heavy atom. The first-order chi connectivity index (χ1) is 14.1. The Labute approximate surface area is 179 Å². The quantitative estimate of drug-likeness (QED) is 0.582. The average Bonchev–Trinajstić information content (AvgIpc) is 3.27. The molecule has 2 aromatic heterocycles. The van der Waals surface area contributed by atoms with E-state index in [4.69, 9.17) is 4.74 Å². The summed E-state index contributed by atoms with van der Waals surface area (Å²) in [5, 5.41) is 8.69. The van der Waals surface area contributed by atoms with Crippen molar-refractivity contribution < 1.29 is 4.74 Å². The lowest BCUT2D eigenvalue weighted by molar-refractivity contribution is 0.377. The van der Waals surface area contributed by atoms with Gasteiger partial charge in [-0.1, -0.05) is 12.1 Å². The van der Waals surface area contributed by atoms with Crippen LogP contribution in [0.4, 0.5) is 0 Å². The lowest BCUT2D eigenvalue weighted by Gasteiger charge is -2.32. The van der Waals surface area contributed by atoms with Gasteiger partial charge in [-0.05, 0) is 55.3 Å². The number of aryl methyl sites for hydroxylation is 2. The normalized spacial score (nSPS) is 22.4. The van der Waals surface area contributed by atoms with Crippen LogP contribution in [0, 0.1) is 5.92 Å². The van der Waals surface area contributed by atoms with Gasteiger partial charge >= 0.3 is 5.69 Å². The second-order valence-corrected chi connectivity index (χ2v) is 8.11. The van der Waals surface area contributed by atoms with Gasteiger partial charge in [-0.2, -0.15) is 5.10 Å². The Hall–Kier alpha value is -2.58. The molecule has 1 saturated heterocycles. The standard InChI is InChI=1S/C21H25N5O3.ClH/c1-26-19-18(20(27)24-21(28)23-19)15(25-26)9-8-14-17-11(10-22-14)6-7-12-13(17)4-3-5-16(12)29-2;/h3-5,11,14,17,22H,6-10H2,1-2H3,(H2,23,24,27,28);1H. The Balaban J connectivity index is 0.00000218. The number of methoxy groups -OCH3 is 1. The predicted octanol–water partition coefficient (Wildman–Crippen LogP) is 1.63. The molecule has 160 valence electrons. The van der Waals surface area contributed by atoms with Crippen LogP contribution in [0.2, 0.25) is 0 Å². The zero-order valence-corrected chi connectivity index (χ0v) is 17.8. The van der Waals surface area contributed by atoms with Crippen LogP contribution in [0.15, 0.2) is 27.8 Å². The molecule has 0 radical (unpaired) electrons. The lowest BCUT2D eigenvalue weighted by Crippen LogP contribution is -2.29. The van der Waals surface area contributed by atoms with Crippen LogP contribution >= 0.6 is 12.4 Å². The number of hydrogen-bond donors (Lipinski definition) is 3. The number of H-pyrrole nitrogens is 2. The topological polar surface area (TPSA) is 105 Å². The van der Waals surface area contributed by atoms with Gasteiger partial charge < -0.3 is 10.1 Å². The van der Waals surface area contributed by atoms with Gasteiger partial charge in [0.25, 0.3) is 5.56 Å². The van der Waals surface area contributed by atoms with Crippen LogP contribution in [0.5, 0.6) is 5.75 Å². The van der Waals surface area contributed by atoms with Crippen LogP contribution in [0.3, 0.4) is 0 Å². The number of hydrogen-bond acceptors (Lipinski definition) is 5. The van der Waals surface area contributed by atoms with Crippen molar-refractivity contribution in [2.45, 2.75) is 37.6 Å². The van der Waals surface area contributed by atoms with E-state index in [1.54, 1.807) is 18.8 Å². The zero-order valence-electron chi connectivity index (χ0n) is 17.0. The fraction of sp³-hybridized carbons (Fsp3) is 0.476. The molecule has 3 aromatic rings. The van der Waals surface area contributed by atoms with E-state index in [0.29, 0.717) is 35.3 Å². The number of aromatic nitrogens is 4. The molecule has 9 heteroatoms. The van der Waals surface area contributed by atoms with E-state index in [-0.39, 0.29) is 18.0 Å². The van der Waals surface area contributed by atoms with Crippen LogP contribution in [-0.2, 0) is 19.9 Å². The molecule has 1 fully saturated rings. The minimum Gasteiger partial charge on any atom is -0.496 e. The maximum atomic E-state index is 12.3. The molecule has 1 aliphatic carbocycles. The first-order valence-corrected chi connectivity index (χ1v) is 10.1. The lowest BCUT2D eigenvalue weighted by atomic mass is 9.73. The van der Waals surface area contributed by atoms with E-state index in [9.17, 15) is 9.59 Å². The Morgan fingerprint density at radius 2 is 2.10 bits per heavy atom. The van der Waals surface area contributed by atoms with Crippen molar-refractivity contribution in [2.24, 2.45) is 13.0 Å². The summed E-state index contributed by atoms with van der Waals surface area (Å²) in [6.45, 7) is 1.02. The van der Waals surface area contributed by atoms with Gasteiger partial charge in [0, 0.05) is 19.0 Å². The van der Waals surface area contributed by atoms with Crippen molar-refractivity contribution in [3.05, 3.63) is 55.9 Å². The number of aromatic amines is 2. The molecule has 1 aliphatic heterocycles. The van der Waals surface area contributed by atoms with Gasteiger partial charge in [0.05, 0.1) is 12.8 Å². The van der Waals surface area contributed by atoms with E-state index in [2.05, 4.69) is 32.5 Å². The zero-order chi connectivity index (χ0) is 20.1. The highest BCUT2D eigenvalue weighted by molar-refractivity contribution is 5.85. The van der Waals surface area contributed by atoms with Crippen LogP contribution in [-0.4, -0.2) is 39.4 Å². The summed E-state index contributed by atoms with van der Waals surface area (Å²) >= 11 is 0. The van der Waals surface area contributed by atoms with E-state index in [0.717, 1.165) is 37.3 Å². The van der Waals surface area contributed by atoms with Crippen molar-refractivity contribution in [2.75, 3.05) is 13.7 Å². The molecular weight excluding hydrogens is 406 g/mol. The minimum absolute atomic E-state index is 0. The Morgan fingerprint density at radius 1 is 1.27 bits per heavy atom. The summed E-state index contributed by atoms with van der Waals surface area (Å²) in [7, 11) is 3.48. The van der Waals surface area contributed by atoms with Gasteiger partial charge in [-0.3, -0.25) is 19.4 Å². The van der Waals surface area contributed by atoms with E-state index >= 15 is 0 Å². The third kappa shape index (κ3) is 3.24. The highest BCUT2D eigenvalue weighted by Crippen LogP contribution is 2.45. The molecule has 3 atom stereocenters. The van der Waals surface area contributed by atoms with Crippen LogP contribution < -0.4 is 21.3 Å². The second kappa shape index (κ2) is 7.92. The fourth-order valence-corrected chi connectivity index (χ4v) is 5.34. The fourth-order valence-electron chi connectivity index (χ4n) is 5.34. The molecule has 3 unspecified atom stereocenters. The number of ether oxygens (including phenoxy) is 1. The number of fused-ring (bicyclic) bond motifs is 4. The molecule has 3 N–H and O–H groups in total. The van der Waals surface area contributed by atoms with Gasteiger partial charge in [0.2, 0.25) is 0 Å². The monoisotopic (exact) mass is 431 g/mol. The summed E-state index contributed by atoms with van der Waals surface area (Å²) in [5.41, 5.74) is 3.04. The first-order valence-electron chi connectivity index (χ1n) is 10.1. The Bertz CT molecular complexity index is 1200. The van der Waals surface area contributed by atoms with E-state index < -0.39 is 5.69 Å². The molecule has 0 saturated carbocycles. The number of halogens is 1. The van der Waals surface area contributed by atoms with Crippen molar-refractivity contribution in [3.8, 4) is 5.75 Å².